The first-order chi connectivity index (χ1) is 8.56. The zero-order valence-corrected chi connectivity index (χ0v) is 11.7. The van der Waals surface area contributed by atoms with E-state index in [1.54, 1.807) is 0 Å². The van der Waals surface area contributed by atoms with Gasteiger partial charge in [-0.2, -0.15) is 0 Å². The molecule has 2 rings (SSSR count). The summed E-state index contributed by atoms with van der Waals surface area (Å²) in [5, 5.41) is 0. The van der Waals surface area contributed by atoms with Gasteiger partial charge in [-0.15, -0.1) is 0 Å². The highest BCUT2D eigenvalue weighted by molar-refractivity contribution is 5.57. The molecule has 0 bridgehead atoms. The van der Waals surface area contributed by atoms with E-state index >= 15 is 0 Å². The van der Waals surface area contributed by atoms with E-state index in [9.17, 15) is 0 Å². The molecule has 3 atom stereocenters. The Hall–Kier alpha value is -1.28. The third kappa shape index (κ3) is 2.44. The Morgan fingerprint density at radius 1 is 1.50 bits per heavy atom. The zero-order valence-electron chi connectivity index (χ0n) is 11.7. The number of hydrogen-bond donors (Lipinski definition) is 1. The van der Waals surface area contributed by atoms with Crippen molar-refractivity contribution in [1.82, 2.24) is 0 Å². The number of hydrogen-bond acceptors (Lipinski definition) is 2. The number of nitrogens with zero attached hydrogens (tertiary/aromatic N) is 1. The molecule has 2 N–H and O–H groups in total. The lowest BCUT2D eigenvalue weighted by molar-refractivity contribution is 0.498. The van der Waals surface area contributed by atoms with Crippen LogP contribution in [0.5, 0.6) is 0 Å². The molecule has 0 spiro atoms. The summed E-state index contributed by atoms with van der Waals surface area (Å²) in [6.07, 6.45) is 1.24. The Morgan fingerprint density at radius 2 is 2.17 bits per heavy atom. The Morgan fingerprint density at radius 3 is 2.78 bits per heavy atom. The van der Waals surface area contributed by atoms with Gasteiger partial charge in [0.2, 0.25) is 0 Å². The number of allylic oxidation sites excluding steroid dienone is 1. The van der Waals surface area contributed by atoms with Gasteiger partial charge in [0, 0.05) is 24.4 Å². The normalized spacial score (nSPS) is 23.6. The number of para-hydroxylation sites is 1. The fourth-order valence-corrected chi connectivity index (χ4v) is 2.74. The van der Waals surface area contributed by atoms with Gasteiger partial charge in [0.05, 0.1) is 0 Å². The van der Waals surface area contributed by atoms with Crippen molar-refractivity contribution in [2.75, 3.05) is 18.5 Å². The molecule has 2 nitrogen and oxygen atoms in total. The van der Waals surface area contributed by atoms with Crippen LogP contribution in [0, 0.1) is 24.7 Å². The van der Waals surface area contributed by atoms with E-state index in [4.69, 9.17) is 5.73 Å². The molecule has 1 aliphatic carbocycles. The van der Waals surface area contributed by atoms with Gasteiger partial charge in [0.1, 0.15) is 0 Å². The van der Waals surface area contributed by atoms with Gasteiger partial charge >= 0.3 is 0 Å². The van der Waals surface area contributed by atoms with E-state index in [0.717, 1.165) is 12.5 Å². The second kappa shape index (κ2) is 5.15. The minimum absolute atomic E-state index is 0.608. The number of rotatable bonds is 5. The maximum Gasteiger partial charge on any atom is 0.0435 e. The first-order valence-electron chi connectivity index (χ1n) is 6.74. The first kappa shape index (κ1) is 13.2. The topological polar surface area (TPSA) is 29.3 Å². The monoisotopic (exact) mass is 244 g/mol. The van der Waals surface area contributed by atoms with Crippen LogP contribution in [0.4, 0.5) is 5.69 Å². The number of nitrogens with two attached hydrogens (primary N) is 1. The average Bonchev–Trinajstić information content (AvgIpc) is 3.17. The number of anilines is 1. The van der Waals surface area contributed by atoms with E-state index < -0.39 is 0 Å². The Kier molecular flexibility index (Phi) is 3.76. The SMILES string of the molecule is C=C(C1CC1C(C)CN)N(C)c1ccccc1C. The van der Waals surface area contributed by atoms with Crippen molar-refractivity contribution in [2.24, 2.45) is 23.5 Å². The summed E-state index contributed by atoms with van der Waals surface area (Å²) >= 11 is 0. The Balaban J connectivity index is 2.05. The molecule has 18 heavy (non-hydrogen) atoms. The minimum Gasteiger partial charge on any atom is -0.348 e. The molecule has 0 saturated heterocycles. The summed E-state index contributed by atoms with van der Waals surface area (Å²) in [6, 6.07) is 8.46. The van der Waals surface area contributed by atoms with Crippen molar-refractivity contribution >= 4 is 5.69 Å². The molecule has 1 aliphatic rings. The Bertz CT molecular complexity index is 438. The van der Waals surface area contributed by atoms with Crippen molar-refractivity contribution in [3.05, 3.63) is 42.1 Å². The van der Waals surface area contributed by atoms with Crippen LogP contribution in [0.1, 0.15) is 18.9 Å². The molecular formula is C16H24N2. The molecule has 1 fully saturated rings. The van der Waals surface area contributed by atoms with Gasteiger partial charge in [-0.1, -0.05) is 31.7 Å². The highest BCUT2D eigenvalue weighted by atomic mass is 15.1. The molecule has 0 amide bonds. The first-order valence-corrected chi connectivity index (χ1v) is 6.74. The second-order valence-electron chi connectivity index (χ2n) is 5.56. The highest BCUT2D eigenvalue weighted by Gasteiger charge is 2.43. The largest absolute Gasteiger partial charge is 0.348 e. The fraction of sp³-hybridized carbons (Fsp3) is 0.500. The lowest BCUT2D eigenvalue weighted by atomic mass is 10.0. The predicted molar refractivity (Wildman–Crippen MR) is 78.5 cm³/mol. The van der Waals surface area contributed by atoms with E-state index in [-0.39, 0.29) is 0 Å². The summed E-state index contributed by atoms with van der Waals surface area (Å²) in [7, 11) is 2.12. The molecule has 2 heteroatoms. The third-order valence-corrected chi connectivity index (χ3v) is 4.28. The van der Waals surface area contributed by atoms with Crippen LogP contribution in [0.25, 0.3) is 0 Å². The van der Waals surface area contributed by atoms with Crippen molar-refractivity contribution in [3.63, 3.8) is 0 Å². The van der Waals surface area contributed by atoms with Crippen LogP contribution < -0.4 is 10.6 Å². The quantitative estimate of drug-likeness (QED) is 0.862. The molecule has 98 valence electrons. The summed E-state index contributed by atoms with van der Waals surface area (Å²) < 4.78 is 0. The van der Waals surface area contributed by atoms with Gasteiger partial charge in [0.15, 0.2) is 0 Å². The van der Waals surface area contributed by atoms with E-state index in [0.29, 0.717) is 11.8 Å². The van der Waals surface area contributed by atoms with Crippen LogP contribution in [0.3, 0.4) is 0 Å². The molecule has 0 heterocycles. The van der Waals surface area contributed by atoms with Gasteiger partial charge in [-0.3, -0.25) is 0 Å². The maximum atomic E-state index is 5.74. The van der Waals surface area contributed by atoms with Crippen molar-refractivity contribution in [3.8, 4) is 0 Å². The molecule has 0 aliphatic heterocycles. The molecule has 0 aromatic heterocycles. The van der Waals surface area contributed by atoms with Crippen LogP contribution in [-0.2, 0) is 0 Å². The van der Waals surface area contributed by atoms with Gasteiger partial charge in [0.25, 0.3) is 0 Å². The van der Waals surface area contributed by atoms with E-state index in [1.165, 1.54) is 23.4 Å². The summed E-state index contributed by atoms with van der Waals surface area (Å²) in [4.78, 5) is 2.24. The van der Waals surface area contributed by atoms with Gasteiger partial charge in [-0.05, 0) is 43.4 Å². The smallest absolute Gasteiger partial charge is 0.0435 e. The lowest BCUT2D eigenvalue weighted by Gasteiger charge is -2.24. The van der Waals surface area contributed by atoms with Crippen LogP contribution in [0.2, 0.25) is 0 Å². The maximum absolute atomic E-state index is 5.74. The zero-order chi connectivity index (χ0) is 13.3. The second-order valence-corrected chi connectivity index (χ2v) is 5.56. The van der Waals surface area contributed by atoms with Crippen molar-refractivity contribution in [1.29, 1.82) is 0 Å². The summed E-state index contributed by atoms with van der Waals surface area (Å²) in [5.41, 5.74) is 9.53. The summed E-state index contributed by atoms with van der Waals surface area (Å²) in [5.74, 6) is 1.96. The van der Waals surface area contributed by atoms with E-state index in [1.807, 2.05) is 0 Å². The van der Waals surface area contributed by atoms with Crippen molar-refractivity contribution < 1.29 is 0 Å². The fourth-order valence-electron chi connectivity index (χ4n) is 2.74. The minimum atomic E-state index is 0.608. The predicted octanol–water partition coefficient (Wildman–Crippen LogP) is 3.18. The molecule has 1 aromatic carbocycles. The average molecular weight is 244 g/mol. The number of aryl methyl sites for hydroxylation is 1. The van der Waals surface area contributed by atoms with Crippen LogP contribution >= 0.6 is 0 Å². The molecule has 3 unspecified atom stereocenters. The molecule has 0 radical (unpaired) electrons. The van der Waals surface area contributed by atoms with Crippen molar-refractivity contribution in [2.45, 2.75) is 20.3 Å². The third-order valence-electron chi connectivity index (χ3n) is 4.28. The highest BCUT2D eigenvalue weighted by Crippen LogP contribution is 2.49. The molecular weight excluding hydrogens is 220 g/mol. The van der Waals surface area contributed by atoms with E-state index in [2.05, 4.69) is 56.6 Å². The lowest BCUT2D eigenvalue weighted by Crippen LogP contribution is -2.20. The van der Waals surface area contributed by atoms with Crippen LogP contribution in [0.15, 0.2) is 36.5 Å². The Labute approximate surface area is 110 Å². The van der Waals surface area contributed by atoms with Gasteiger partial charge < -0.3 is 10.6 Å². The number of benzene rings is 1. The van der Waals surface area contributed by atoms with Gasteiger partial charge in [-0.25, -0.2) is 0 Å². The molecule has 1 saturated carbocycles. The summed E-state index contributed by atoms with van der Waals surface area (Å²) in [6.45, 7) is 9.45. The van der Waals surface area contributed by atoms with Crippen LogP contribution in [-0.4, -0.2) is 13.6 Å². The molecule has 1 aromatic rings. The standard InChI is InChI=1S/C16H24N2/c1-11-7-5-6-8-16(11)18(4)13(3)15-9-14(15)12(2)10-17/h5-8,12,14-15H,3,9-10,17H2,1-2,4H3.